The molecule has 0 aliphatic rings. The van der Waals surface area contributed by atoms with Crippen LogP contribution in [0, 0.1) is 17.8 Å². The number of ether oxygens (including phenoxy) is 3. The van der Waals surface area contributed by atoms with Crippen LogP contribution in [-0.2, 0) is 28.6 Å². The normalized spacial score (nSPS) is 12.9. The molecule has 0 aromatic rings. The van der Waals surface area contributed by atoms with Gasteiger partial charge in [-0.3, -0.25) is 14.4 Å². The molecule has 2 unspecified atom stereocenters. The quantitative estimate of drug-likeness (QED) is 0.0343. The second-order valence-electron chi connectivity index (χ2n) is 24.1. The molecular formula is C67H130O6. The SMILES string of the molecule is CCC(C)CCCCCCCCCCCCCCCCCCCCC(=O)O[C@@H](COC(=O)CCCCCCCCCCCCCCCCC(C)CC)COC(=O)CCCCCCCCCCCCCCC(C)C. The second kappa shape index (κ2) is 58.1. The van der Waals surface area contributed by atoms with Crippen molar-refractivity contribution in [1.82, 2.24) is 0 Å². The molecule has 0 N–H and O–H groups in total. The molecule has 0 aromatic heterocycles. The molecule has 0 saturated heterocycles. The molecule has 6 nitrogen and oxygen atoms in total. The van der Waals surface area contributed by atoms with Gasteiger partial charge in [0.1, 0.15) is 13.2 Å². The number of esters is 3. The van der Waals surface area contributed by atoms with E-state index >= 15 is 0 Å². The highest BCUT2D eigenvalue weighted by Crippen LogP contribution is 2.20. The summed E-state index contributed by atoms with van der Waals surface area (Å²) in [5.41, 5.74) is 0. The summed E-state index contributed by atoms with van der Waals surface area (Å²) in [4.78, 5) is 38.4. The third-order valence-corrected chi connectivity index (χ3v) is 16.1. The lowest BCUT2D eigenvalue weighted by Gasteiger charge is -2.18. The van der Waals surface area contributed by atoms with E-state index in [0.717, 1.165) is 75.5 Å². The molecule has 0 bridgehead atoms. The number of unbranched alkanes of at least 4 members (excludes halogenated alkanes) is 41. The Morgan fingerprint density at radius 1 is 0.274 bits per heavy atom. The summed E-state index contributed by atoms with van der Waals surface area (Å²) in [6.45, 7) is 13.9. The number of rotatable bonds is 60. The van der Waals surface area contributed by atoms with Crippen molar-refractivity contribution in [3.05, 3.63) is 0 Å². The minimum absolute atomic E-state index is 0.0624. The number of carbonyl (C=O) groups excluding carboxylic acids is 3. The molecule has 0 radical (unpaired) electrons. The molecule has 0 amide bonds. The van der Waals surface area contributed by atoms with E-state index in [4.69, 9.17) is 14.2 Å². The van der Waals surface area contributed by atoms with Gasteiger partial charge in [0.05, 0.1) is 0 Å². The van der Waals surface area contributed by atoms with E-state index in [1.807, 2.05) is 0 Å². The zero-order valence-electron chi connectivity index (χ0n) is 50.4. The predicted molar refractivity (Wildman–Crippen MR) is 316 cm³/mol. The highest BCUT2D eigenvalue weighted by atomic mass is 16.6. The van der Waals surface area contributed by atoms with Gasteiger partial charge >= 0.3 is 17.9 Å². The third-order valence-electron chi connectivity index (χ3n) is 16.1. The Hall–Kier alpha value is -1.59. The molecule has 0 saturated carbocycles. The van der Waals surface area contributed by atoms with Gasteiger partial charge in [-0.1, -0.05) is 337 Å². The molecule has 3 atom stereocenters. The summed E-state index contributed by atoms with van der Waals surface area (Å²) in [7, 11) is 0. The summed E-state index contributed by atoms with van der Waals surface area (Å²) >= 11 is 0. The highest BCUT2D eigenvalue weighted by molar-refractivity contribution is 5.71. The topological polar surface area (TPSA) is 78.9 Å². The Labute approximate surface area is 457 Å². The number of hydrogen-bond donors (Lipinski definition) is 0. The van der Waals surface area contributed by atoms with E-state index in [2.05, 4.69) is 41.5 Å². The molecule has 0 heterocycles. The van der Waals surface area contributed by atoms with Gasteiger partial charge in [-0.15, -0.1) is 0 Å². The van der Waals surface area contributed by atoms with Gasteiger partial charge in [0, 0.05) is 19.3 Å². The van der Waals surface area contributed by atoms with Crippen LogP contribution in [0.3, 0.4) is 0 Å². The van der Waals surface area contributed by atoms with Gasteiger partial charge in [-0.25, -0.2) is 0 Å². The fraction of sp³-hybridized carbons (Fsp3) is 0.955. The first kappa shape index (κ1) is 71.4. The molecule has 0 aromatic carbocycles. The van der Waals surface area contributed by atoms with Crippen LogP contribution < -0.4 is 0 Å². The predicted octanol–water partition coefficient (Wildman–Crippen LogP) is 22.2. The molecule has 0 spiro atoms. The van der Waals surface area contributed by atoms with Crippen molar-refractivity contribution < 1.29 is 28.6 Å². The van der Waals surface area contributed by atoms with Crippen molar-refractivity contribution in [2.24, 2.45) is 17.8 Å². The van der Waals surface area contributed by atoms with Crippen LogP contribution >= 0.6 is 0 Å². The fourth-order valence-electron chi connectivity index (χ4n) is 10.3. The van der Waals surface area contributed by atoms with E-state index in [1.165, 1.54) is 257 Å². The molecular weight excluding hydrogens is 901 g/mol. The third kappa shape index (κ3) is 57.9. The zero-order chi connectivity index (χ0) is 53.3. The van der Waals surface area contributed by atoms with Crippen molar-refractivity contribution in [1.29, 1.82) is 0 Å². The van der Waals surface area contributed by atoms with Gasteiger partial charge in [0.25, 0.3) is 0 Å². The first-order chi connectivity index (χ1) is 35.7. The van der Waals surface area contributed by atoms with Crippen molar-refractivity contribution in [3.63, 3.8) is 0 Å². The molecule has 0 aliphatic carbocycles. The maximum atomic E-state index is 12.9. The molecule has 0 fully saturated rings. The standard InChI is InChI=1S/C67H130O6/c1-7-62(5)54-48-42-36-30-24-17-13-11-9-10-12-14-20-28-34-40-46-52-58-67(70)73-64(60-72-66(69)57-51-45-39-33-27-22-21-23-29-35-41-47-53-61(3)4)59-71-65(68)56-50-44-38-32-26-19-16-15-18-25-31-37-43-49-55-63(6)8-2/h61-64H,7-60H2,1-6H3/t62?,63?,64-/m0/s1. The number of carbonyl (C=O) groups is 3. The van der Waals surface area contributed by atoms with Crippen LogP contribution in [0.15, 0.2) is 0 Å². The summed E-state index contributed by atoms with van der Waals surface area (Å²) in [6.07, 6.45) is 63.8. The minimum atomic E-state index is -0.765. The van der Waals surface area contributed by atoms with E-state index in [0.29, 0.717) is 19.3 Å². The van der Waals surface area contributed by atoms with Crippen molar-refractivity contribution >= 4 is 17.9 Å². The number of hydrogen-bond acceptors (Lipinski definition) is 6. The van der Waals surface area contributed by atoms with E-state index in [9.17, 15) is 14.4 Å². The van der Waals surface area contributed by atoms with E-state index < -0.39 is 6.10 Å². The maximum absolute atomic E-state index is 12.9. The minimum Gasteiger partial charge on any atom is -0.462 e. The highest BCUT2D eigenvalue weighted by Gasteiger charge is 2.20. The Morgan fingerprint density at radius 3 is 0.712 bits per heavy atom. The Bertz CT molecular complexity index is 1140. The van der Waals surface area contributed by atoms with Crippen LogP contribution in [0.25, 0.3) is 0 Å². The van der Waals surface area contributed by atoms with Gasteiger partial charge in [-0.05, 0) is 37.0 Å². The van der Waals surface area contributed by atoms with E-state index in [1.54, 1.807) is 0 Å². The summed E-state index contributed by atoms with van der Waals surface area (Å²) in [6, 6.07) is 0. The van der Waals surface area contributed by atoms with Crippen LogP contribution in [-0.4, -0.2) is 37.2 Å². The average molecular weight is 1030 g/mol. The van der Waals surface area contributed by atoms with Crippen LogP contribution in [0.2, 0.25) is 0 Å². The monoisotopic (exact) mass is 1030 g/mol. The van der Waals surface area contributed by atoms with Gasteiger partial charge in [0.15, 0.2) is 6.10 Å². The fourth-order valence-corrected chi connectivity index (χ4v) is 10.3. The van der Waals surface area contributed by atoms with Crippen LogP contribution in [0.4, 0.5) is 0 Å². The summed E-state index contributed by atoms with van der Waals surface area (Å²) in [5.74, 6) is 1.80. The largest absolute Gasteiger partial charge is 0.462 e. The van der Waals surface area contributed by atoms with Gasteiger partial charge < -0.3 is 14.2 Å². The first-order valence-corrected chi connectivity index (χ1v) is 33.2. The summed E-state index contributed by atoms with van der Waals surface area (Å²) in [5, 5.41) is 0. The average Bonchev–Trinajstić information content (AvgIpc) is 3.38. The van der Waals surface area contributed by atoms with Gasteiger partial charge in [-0.2, -0.15) is 0 Å². The Kier molecular flexibility index (Phi) is 56.8. The summed E-state index contributed by atoms with van der Waals surface area (Å²) < 4.78 is 17.0. The lowest BCUT2D eigenvalue weighted by atomic mass is 9.99. The maximum Gasteiger partial charge on any atom is 0.306 e. The Balaban J connectivity index is 4.28. The van der Waals surface area contributed by atoms with E-state index in [-0.39, 0.29) is 31.1 Å². The van der Waals surface area contributed by atoms with Crippen LogP contribution in [0.1, 0.15) is 375 Å². The first-order valence-electron chi connectivity index (χ1n) is 33.2. The van der Waals surface area contributed by atoms with Crippen molar-refractivity contribution in [3.8, 4) is 0 Å². The lowest BCUT2D eigenvalue weighted by molar-refractivity contribution is -0.167. The molecule has 0 aliphatic heterocycles. The smallest absolute Gasteiger partial charge is 0.306 e. The van der Waals surface area contributed by atoms with Crippen LogP contribution in [0.5, 0.6) is 0 Å². The lowest BCUT2D eigenvalue weighted by Crippen LogP contribution is -2.30. The second-order valence-corrected chi connectivity index (χ2v) is 24.1. The molecule has 0 rings (SSSR count). The van der Waals surface area contributed by atoms with Gasteiger partial charge in [0.2, 0.25) is 0 Å². The Morgan fingerprint density at radius 2 is 0.479 bits per heavy atom. The van der Waals surface area contributed by atoms with Crippen molar-refractivity contribution in [2.45, 2.75) is 382 Å². The molecule has 6 heteroatoms. The zero-order valence-corrected chi connectivity index (χ0v) is 50.4. The van der Waals surface area contributed by atoms with Crippen molar-refractivity contribution in [2.75, 3.05) is 13.2 Å². The molecule has 73 heavy (non-hydrogen) atoms. The molecule has 434 valence electrons.